The summed E-state index contributed by atoms with van der Waals surface area (Å²) in [6, 6.07) is 0.473. The first kappa shape index (κ1) is 11.7. The van der Waals surface area contributed by atoms with E-state index in [2.05, 4.69) is 26.8 Å². The summed E-state index contributed by atoms with van der Waals surface area (Å²) < 4.78 is 9.36. The van der Waals surface area contributed by atoms with Crippen LogP contribution in [0, 0.1) is 0 Å². The van der Waals surface area contributed by atoms with Gasteiger partial charge in [0, 0.05) is 30.7 Å². The summed E-state index contributed by atoms with van der Waals surface area (Å²) in [4.78, 5) is 2.38. The van der Waals surface area contributed by atoms with E-state index in [0.717, 1.165) is 43.4 Å². The Balaban J connectivity index is 2.02. The highest BCUT2D eigenvalue weighted by Crippen LogP contribution is 2.20. The summed E-state index contributed by atoms with van der Waals surface area (Å²) in [6.45, 7) is 5.50. The molecule has 0 bridgehead atoms. The lowest BCUT2D eigenvalue weighted by atomic mass is 10.1. The van der Waals surface area contributed by atoms with Gasteiger partial charge in [-0.05, 0) is 6.42 Å². The van der Waals surface area contributed by atoms with E-state index in [4.69, 9.17) is 10.6 Å². The first-order valence-corrected chi connectivity index (χ1v) is 6.22. The Morgan fingerprint density at radius 3 is 3.31 bits per heavy atom. The Hall–Kier alpha value is -0.760. The minimum atomic E-state index is 0.473. The van der Waals surface area contributed by atoms with E-state index in [-0.39, 0.29) is 0 Å². The first-order chi connectivity index (χ1) is 7.85. The number of hydrazine groups is 1. The molecule has 1 unspecified atom stereocenters. The molecule has 90 valence electrons. The molecular formula is C9H17N5OS. The molecule has 1 fully saturated rings. The minimum Gasteiger partial charge on any atom is -0.378 e. The Bertz CT molecular complexity index is 331. The zero-order valence-electron chi connectivity index (χ0n) is 9.35. The normalized spacial score (nSPS) is 22.2. The summed E-state index contributed by atoms with van der Waals surface area (Å²) in [5, 5.41) is 4.94. The van der Waals surface area contributed by atoms with Crippen LogP contribution >= 0.6 is 11.5 Å². The van der Waals surface area contributed by atoms with Crippen LogP contribution in [0.2, 0.25) is 0 Å². The molecular weight excluding hydrogens is 226 g/mol. The number of nitrogen functional groups attached to an aromatic ring is 1. The number of anilines is 1. The van der Waals surface area contributed by atoms with Crippen molar-refractivity contribution < 1.29 is 4.74 Å². The minimum absolute atomic E-state index is 0.473. The van der Waals surface area contributed by atoms with Crippen molar-refractivity contribution in [3.63, 3.8) is 0 Å². The molecule has 0 aromatic carbocycles. The zero-order chi connectivity index (χ0) is 11.4. The highest BCUT2D eigenvalue weighted by molar-refractivity contribution is 7.10. The number of hydrogen-bond acceptors (Lipinski definition) is 7. The van der Waals surface area contributed by atoms with E-state index in [1.54, 1.807) is 0 Å². The lowest BCUT2D eigenvalue weighted by Gasteiger charge is -2.34. The fraction of sp³-hybridized carbons (Fsp3) is 0.778. The van der Waals surface area contributed by atoms with E-state index in [9.17, 15) is 0 Å². The maximum absolute atomic E-state index is 5.46. The van der Waals surface area contributed by atoms with Crippen molar-refractivity contribution in [3.05, 3.63) is 5.69 Å². The molecule has 3 N–H and O–H groups in total. The number of nitrogens with one attached hydrogen (secondary N) is 1. The van der Waals surface area contributed by atoms with Crippen LogP contribution in [0.1, 0.15) is 19.0 Å². The summed E-state index contributed by atoms with van der Waals surface area (Å²) in [5.74, 6) is 5.40. The van der Waals surface area contributed by atoms with Crippen LogP contribution in [0.5, 0.6) is 0 Å². The van der Waals surface area contributed by atoms with Gasteiger partial charge in [0.05, 0.1) is 13.2 Å². The maximum atomic E-state index is 5.46. The van der Waals surface area contributed by atoms with Gasteiger partial charge < -0.3 is 10.2 Å². The number of nitrogens with two attached hydrogens (primary N) is 1. The van der Waals surface area contributed by atoms with Crippen molar-refractivity contribution in [3.8, 4) is 0 Å². The van der Waals surface area contributed by atoms with Gasteiger partial charge >= 0.3 is 0 Å². The summed E-state index contributed by atoms with van der Waals surface area (Å²) in [5.41, 5.74) is 3.56. The van der Waals surface area contributed by atoms with Crippen molar-refractivity contribution in [2.75, 3.05) is 25.2 Å². The average Bonchev–Trinajstić information content (AvgIpc) is 2.77. The summed E-state index contributed by atoms with van der Waals surface area (Å²) >= 11 is 1.29. The standard InChI is InChI=1S/C9H17N5OS/c1-2-7-6-15-4-3-14(7)5-8-9(11-10)16-13-12-8/h7,11H,2-6,10H2,1H3. The smallest absolute Gasteiger partial charge is 0.148 e. The van der Waals surface area contributed by atoms with Crippen LogP contribution in [-0.4, -0.2) is 40.3 Å². The molecule has 2 rings (SSSR count). The number of aromatic nitrogens is 2. The molecule has 6 nitrogen and oxygen atoms in total. The summed E-state index contributed by atoms with van der Waals surface area (Å²) in [6.07, 6.45) is 1.09. The molecule has 1 aromatic rings. The van der Waals surface area contributed by atoms with E-state index in [0.29, 0.717) is 6.04 Å². The number of ether oxygens (including phenoxy) is 1. The van der Waals surface area contributed by atoms with E-state index >= 15 is 0 Å². The molecule has 1 saturated heterocycles. The van der Waals surface area contributed by atoms with E-state index in [1.165, 1.54) is 11.5 Å². The van der Waals surface area contributed by atoms with E-state index < -0.39 is 0 Å². The van der Waals surface area contributed by atoms with Gasteiger partial charge in [0.1, 0.15) is 10.7 Å². The van der Waals surface area contributed by atoms with Gasteiger partial charge in [-0.2, -0.15) is 0 Å². The molecule has 1 aliphatic heterocycles. The molecule has 7 heteroatoms. The van der Waals surface area contributed by atoms with Crippen molar-refractivity contribution in [1.29, 1.82) is 0 Å². The number of morpholine rings is 1. The molecule has 1 aromatic heterocycles. The fourth-order valence-electron chi connectivity index (χ4n) is 1.89. The molecule has 0 saturated carbocycles. The fourth-order valence-corrected chi connectivity index (χ4v) is 2.37. The Morgan fingerprint density at radius 2 is 2.56 bits per heavy atom. The van der Waals surface area contributed by atoms with Crippen LogP contribution < -0.4 is 11.3 Å². The second-order valence-electron chi connectivity index (χ2n) is 3.80. The van der Waals surface area contributed by atoms with Crippen LogP contribution in [0.25, 0.3) is 0 Å². The van der Waals surface area contributed by atoms with Crippen molar-refractivity contribution in [1.82, 2.24) is 14.5 Å². The van der Waals surface area contributed by atoms with Crippen molar-refractivity contribution in [2.24, 2.45) is 5.84 Å². The highest BCUT2D eigenvalue weighted by atomic mass is 32.1. The van der Waals surface area contributed by atoms with Gasteiger partial charge in [-0.3, -0.25) is 4.90 Å². The monoisotopic (exact) mass is 243 g/mol. The first-order valence-electron chi connectivity index (χ1n) is 5.44. The SMILES string of the molecule is CCC1COCCN1Cc1nnsc1NN. The Labute approximate surface area is 98.9 Å². The van der Waals surface area contributed by atoms with E-state index in [1.807, 2.05) is 0 Å². The summed E-state index contributed by atoms with van der Waals surface area (Å²) in [7, 11) is 0. The molecule has 1 atom stereocenters. The van der Waals surface area contributed by atoms with Gasteiger partial charge in [0.2, 0.25) is 0 Å². The van der Waals surface area contributed by atoms with Gasteiger partial charge in [0.25, 0.3) is 0 Å². The molecule has 0 amide bonds. The van der Waals surface area contributed by atoms with Crippen molar-refractivity contribution in [2.45, 2.75) is 25.9 Å². The zero-order valence-corrected chi connectivity index (χ0v) is 10.2. The van der Waals surface area contributed by atoms with Gasteiger partial charge in [-0.15, -0.1) is 5.10 Å². The number of hydrogen-bond donors (Lipinski definition) is 2. The second kappa shape index (κ2) is 5.53. The lowest BCUT2D eigenvalue weighted by molar-refractivity contribution is -0.0131. The topological polar surface area (TPSA) is 76.3 Å². The lowest BCUT2D eigenvalue weighted by Crippen LogP contribution is -2.44. The van der Waals surface area contributed by atoms with Crippen LogP contribution in [0.4, 0.5) is 5.00 Å². The van der Waals surface area contributed by atoms with Crippen LogP contribution in [0.3, 0.4) is 0 Å². The Morgan fingerprint density at radius 1 is 1.69 bits per heavy atom. The Kier molecular flexibility index (Phi) is 4.05. The van der Waals surface area contributed by atoms with Crippen LogP contribution in [-0.2, 0) is 11.3 Å². The maximum Gasteiger partial charge on any atom is 0.148 e. The van der Waals surface area contributed by atoms with Gasteiger partial charge in [-0.25, -0.2) is 5.84 Å². The number of nitrogens with zero attached hydrogens (tertiary/aromatic N) is 3. The van der Waals surface area contributed by atoms with Gasteiger partial charge in [-0.1, -0.05) is 11.4 Å². The average molecular weight is 243 g/mol. The predicted molar refractivity (Wildman–Crippen MR) is 63.0 cm³/mol. The quantitative estimate of drug-likeness (QED) is 0.590. The molecule has 2 heterocycles. The molecule has 0 radical (unpaired) electrons. The van der Waals surface area contributed by atoms with Crippen LogP contribution in [0.15, 0.2) is 0 Å². The molecule has 1 aliphatic rings. The second-order valence-corrected chi connectivity index (χ2v) is 4.55. The van der Waals surface area contributed by atoms with Gasteiger partial charge in [0.15, 0.2) is 0 Å². The third-order valence-corrected chi connectivity index (χ3v) is 3.56. The molecule has 0 aliphatic carbocycles. The third-order valence-electron chi connectivity index (χ3n) is 2.86. The third kappa shape index (κ3) is 2.49. The largest absolute Gasteiger partial charge is 0.378 e. The van der Waals surface area contributed by atoms with Crippen molar-refractivity contribution >= 4 is 16.5 Å². The molecule has 16 heavy (non-hydrogen) atoms. The predicted octanol–water partition coefficient (Wildman–Crippen LogP) is 0.435. The highest BCUT2D eigenvalue weighted by Gasteiger charge is 2.23. The molecule has 0 spiro atoms. The number of rotatable bonds is 4.